The predicted molar refractivity (Wildman–Crippen MR) is 100 cm³/mol. The zero-order chi connectivity index (χ0) is 17.2. The number of rotatable bonds is 4. The molecule has 1 fully saturated rings. The van der Waals surface area contributed by atoms with E-state index in [1.54, 1.807) is 6.07 Å². The van der Waals surface area contributed by atoms with Gasteiger partial charge in [-0.3, -0.25) is 0 Å². The molecule has 2 aromatic rings. The van der Waals surface area contributed by atoms with Gasteiger partial charge < -0.3 is 0 Å². The van der Waals surface area contributed by atoms with E-state index in [2.05, 4.69) is 25.6 Å². The van der Waals surface area contributed by atoms with E-state index in [0.717, 1.165) is 11.1 Å². The molecule has 1 heterocycles. The van der Waals surface area contributed by atoms with Crippen LogP contribution in [-0.4, -0.2) is 8.07 Å². The minimum atomic E-state index is -0.964. The average molecular weight is 345 g/mol. The van der Waals surface area contributed by atoms with Crippen molar-refractivity contribution in [2.45, 2.75) is 56.8 Å². The summed E-state index contributed by atoms with van der Waals surface area (Å²) in [6.45, 7) is 4.88. The molecule has 128 valence electrons. The largest absolute Gasteiger partial charge is 0.204 e. The maximum Gasteiger partial charge on any atom is 0.159 e. The second kappa shape index (κ2) is 7.18. The highest BCUT2D eigenvalue weighted by atomic mass is 28.3. The van der Waals surface area contributed by atoms with Gasteiger partial charge in [-0.25, -0.2) is 8.78 Å². The Hall–Kier alpha value is -1.48. The third-order valence-corrected chi connectivity index (χ3v) is 10.4. The van der Waals surface area contributed by atoms with Gasteiger partial charge in [-0.1, -0.05) is 68.4 Å². The van der Waals surface area contributed by atoms with Gasteiger partial charge in [0.1, 0.15) is 0 Å². The molecule has 0 unspecified atom stereocenters. The Bertz CT molecular complexity index is 685. The Kier molecular flexibility index (Phi) is 5.19. The first-order valence-electron chi connectivity index (χ1n) is 9.06. The number of halogens is 2. The second-order valence-corrected chi connectivity index (χ2v) is 12.7. The van der Waals surface area contributed by atoms with E-state index in [0.29, 0.717) is 5.92 Å². The molecule has 0 nitrogen and oxygen atoms in total. The van der Waals surface area contributed by atoms with Crippen molar-refractivity contribution in [3.63, 3.8) is 0 Å². The second-order valence-electron chi connectivity index (χ2n) is 7.59. The number of hydrogen-bond donors (Lipinski definition) is 0. The van der Waals surface area contributed by atoms with Crippen LogP contribution in [0.15, 0.2) is 42.5 Å². The summed E-state index contributed by atoms with van der Waals surface area (Å²) in [5, 5.41) is 0. The average Bonchev–Trinajstić information content (AvgIpc) is 2.58. The summed E-state index contributed by atoms with van der Waals surface area (Å²) in [5.41, 5.74) is 3.07. The zero-order valence-electron chi connectivity index (χ0n) is 14.6. The molecule has 0 radical (unpaired) electrons. The fraction of sp³-hybridized carbons (Fsp3) is 0.429. The molecule has 0 aromatic heterocycles. The van der Waals surface area contributed by atoms with Crippen LogP contribution in [0.4, 0.5) is 8.78 Å². The topological polar surface area (TPSA) is 0 Å². The van der Waals surface area contributed by atoms with Crippen molar-refractivity contribution in [2.24, 2.45) is 0 Å². The smallest absolute Gasteiger partial charge is 0.159 e. The maximum absolute atomic E-state index is 13.4. The van der Waals surface area contributed by atoms with Gasteiger partial charge in [0.2, 0.25) is 0 Å². The van der Waals surface area contributed by atoms with Crippen LogP contribution in [0.2, 0.25) is 24.7 Å². The molecule has 1 saturated heterocycles. The van der Waals surface area contributed by atoms with Gasteiger partial charge in [-0.05, 0) is 47.6 Å². The Balaban J connectivity index is 1.70. The molecule has 24 heavy (non-hydrogen) atoms. The van der Waals surface area contributed by atoms with Crippen LogP contribution >= 0.6 is 0 Å². The summed E-state index contributed by atoms with van der Waals surface area (Å²) >= 11 is 0. The molecule has 3 heteroatoms. The van der Waals surface area contributed by atoms with Crippen molar-refractivity contribution in [1.29, 1.82) is 0 Å². The van der Waals surface area contributed by atoms with Gasteiger partial charge in [0, 0.05) is 0 Å². The molecule has 0 saturated carbocycles. The molecule has 0 bridgehead atoms. The van der Waals surface area contributed by atoms with E-state index in [9.17, 15) is 8.78 Å². The summed E-state index contributed by atoms with van der Waals surface area (Å²) in [6, 6.07) is 16.9. The first-order chi connectivity index (χ1) is 11.5. The lowest BCUT2D eigenvalue weighted by atomic mass is 9.92. The first-order valence-corrected chi connectivity index (χ1v) is 12.2. The van der Waals surface area contributed by atoms with Crippen LogP contribution in [0.3, 0.4) is 0 Å². The Morgan fingerprint density at radius 2 is 1.54 bits per heavy atom. The maximum atomic E-state index is 13.4. The quantitative estimate of drug-likeness (QED) is 0.524. The van der Waals surface area contributed by atoms with E-state index < -0.39 is 19.7 Å². The molecule has 1 aliphatic heterocycles. The normalized spacial score (nSPS) is 24.1. The minimum absolute atomic E-state index is 0.668. The van der Waals surface area contributed by atoms with Crippen LogP contribution in [-0.2, 0) is 0 Å². The van der Waals surface area contributed by atoms with Crippen LogP contribution in [0.5, 0.6) is 0 Å². The number of hydrogen-bond acceptors (Lipinski definition) is 0. The predicted octanol–water partition coefficient (Wildman–Crippen LogP) is 7.00. The molecule has 2 aromatic carbocycles. The van der Waals surface area contributed by atoms with Gasteiger partial charge >= 0.3 is 0 Å². The fourth-order valence-corrected chi connectivity index (χ4v) is 8.17. The van der Waals surface area contributed by atoms with Gasteiger partial charge in [0.05, 0.1) is 8.07 Å². The SMILES string of the molecule is CCC[Si]1(C)CCC(c2ccc(-c3ccc(F)c(F)c3)cc2)CC1. The van der Waals surface area contributed by atoms with Crippen molar-refractivity contribution in [2.75, 3.05) is 0 Å². The fourth-order valence-electron chi connectivity index (χ4n) is 4.13. The third kappa shape index (κ3) is 3.77. The summed E-state index contributed by atoms with van der Waals surface area (Å²) in [7, 11) is -0.964. The van der Waals surface area contributed by atoms with Crippen molar-refractivity contribution in [3.05, 3.63) is 59.7 Å². The minimum Gasteiger partial charge on any atom is -0.204 e. The van der Waals surface area contributed by atoms with Crippen LogP contribution in [0.25, 0.3) is 11.1 Å². The molecule has 0 amide bonds. The Morgan fingerprint density at radius 3 is 2.12 bits per heavy atom. The van der Waals surface area contributed by atoms with Gasteiger partial charge in [-0.2, -0.15) is 0 Å². The first kappa shape index (κ1) is 17.3. The van der Waals surface area contributed by atoms with Gasteiger partial charge in [-0.15, -0.1) is 0 Å². The lowest BCUT2D eigenvalue weighted by molar-refractivity contribution is 0.509. The van der Waals surface area contributed by atoms with E-state index in [-0.39, 0.29) is 0 Å². The van der Waals surface area contributed by atoms with Crippen molar-refractivity contribution in [3.8, 4) is 11.1 Å². The van der Waals surface area contributed by atoms with Gasteiger partial charge in [0.15, 0.2) is 11.6 Å². The molecule has 0 atom stereocenters. The zero-order valence-corrected chi connectivity index (χ0v) is 15.6. The van der Waals surface area contributed by atoms with E-state index in [1.807, 2.05) is 12.1 Å². The van der Waals surface area contributed by atoms with Crippen molar-refractivity contribution >= 4 is 8.07 Å². The van der Waals surface area contributed by atoms with Gasteiger partial charge in [0.25, 0.3) is 0 Å². The Morgan fingerprint density at radius 1 is 0.917 bits per heavy atom. The van der Waals surface area contributed by atoms with E-state index >= 15 is 0 Å². The molecular weight excluding hydrogens is 318 g/mol. The van der Waals surface area contributed by atoms with Crippen LogP contribution < -0.4 is 0 Å². The Labute approximate surface area is 144 Å². The van der Waals surface area contributed by atoms with Crippen molar-refractivity contribution in [1.82, 2.24) is 0 Å². The summed E-state index contributed by atoms with van der Waals surface area (Å²) in [4.78, 5) is 0. The molecule has 1 aliphatic rings. The molecule has 0 aliphatic carbocycles. The standard InChI is InChI=1S/C21H26F2Si/c1-3-12-24(2)13-10-18(11-14-24)16-4-6-17(7-5-16)19-8-9-20(22)21(23)15-19/h4-9,15,18H,3,10-14H2,1-2H3. The van der Waals surface area contributed by atoms with Crippen LogP contribution in [0, 0.1) is 11.6 Å². The highest BCUT2D eigenvalue weighted by Gasteiger charge is 2.32. The third-order valence-electron chi connectivity index (χ3n) is 5.68. The summed E-state index contributed by atoms with van der Waals surface area (Å²) in [6.07, 6.45) is 3.96. The lowest BCUT2D eigenvalue weighted by Crippen LogP contribution is -2.33. The molecule has 0 N–H and O–H groups in total. The molecular formula is C21H26F2Si. The molecule has 3 rings (SSSR count). The molecule has 0 spiro atoms. The number of benzene rings is 2. The van der Waals surface area contributed by atoms with Crippen LogP contribution in [0.1, 0.15) is 37.7 Å². The summed E-state index contributed by atoms with van der Waals surface area (Å²) < 4.78 is 26.5. The van der Waals surface area contributed by atoms with Crippen molar-refractivity contribution < 1.29 is 8.78 Å². The van der Waals surface area contributed by atoms with E-state index in [4.69, 9.17) is 0 Å². The highest BCUT2D eigenvalue weighted by molar-refractivity contribution is 6.78. The lowest BCUT2D eigenvalue weighted by Gasteiger charge is -2.36. The summed E-state index contributed by atoms with van der Waals surface area (Å²) in [5.74, 6) is -0.915. The monoisotopic (exact) mass is 344 g/mol. The van der Waals surface area contributed by atoms with E-state index in [1.165, 1.54) is 55.1 Å². The highest BCUT2D eigenvalue weighted by Crippen LogP contribution is 2.40.